The maximum absolute atomic E-state index is 14.4. The van der Waals surface area contributed by atoms with E-state index in [0.29, 0.717) is 16.7 Å². The molecule has 4 aromatic rings. The Bertz CT molecular complexity index is 1610. The highest BCUT2D eigenvalue weighted by molar-refractivity contribution is 9.10. The number of nitrogens with zero attached hydrogens (tertiary/aromatic N) is 2. The zero-order valence-electron chi connectivity index (χ0n) is 23.6. The van der Waals surface area contributed by atoms with Gasteiger partial charge in [-0.3, -0.25) is 13.9 Å². The summed E-state index contributed by atoms with van der Waals surface area (Å²) in [6.07, 6.45) is 0.270. The molecular formula is C33H34BrN3O4S. The van der Waals surface area contributed by atoms with Crippen LogP contribution in [0.3, 0.4) is 0 Å². The van der Waals surface area contributed by atoms with Crippen LogP contribution >= 0.6 is 15.9 Å². The SMILES string of the molecule is CCNC(=O)[C@@H](Cc1ccccc1)N(Cc1ccccc1C)C(=O)CN(c1cccc(Br)c1)S(=O)(=O)c1ccccc1. The lowest BCUT2D eigenvalue weighted by Crippen LogP contribution is -2.53. The van der Waals surface area contributed by atoms with Gasteiger partial charge in [-0.05, 0) is 60.9 Å². The zero-order chi connectivity index (χ0) is 30.1. The zero-order valence-corrected chi connectivity index (χ0v) is 26.0. The van der Waals surface area contributed by atoms with Crippen molar-refractivity contribution in [2.24, 2.45) is 0 Å². The Hall–Kier alpha value is -3.95. The number of hydrogen-bond donors (Lipinski definition) is 1. The molecule has 9 heteroatoms. The van der Waals surface area contributed by atoms with E-state index < -0.39 is 28.5 Å². The summed E-state index contributed by atoms with van der Waals surface area (Å²) in [5.74, 6) is -0.798. The molecule has 0 aromatic heterocycles. The second-order valence-electron chi connectivity index (χ2n) is 9.85. The molecule has 4 rings (SSSR count). The van der Waals surface area contributed by atoms with E-state index in [4.69, 9.17) is 0 Å². The standard InChI is InChI=1S/C33H34BrN3O4S/c1-3-35-33(39)31(21-26-14-6-4-7-15-26)36(23-27-16-11-10-13-25(27)2)32(38)24-37(29-18-12-17-28(34)22-29)42(40,41)30-19-8-5-9-20-30/h4-20,22,31H,3,21,23-24H2,1-2H3,(H,35,39)/t31-/m1/s1. The van der Waals surface area contributed by atoms with Gasteiger partial charge in [0.05, 0.1) is 10.6 Å². The highest BCUT2D eigenvalue weighted by atomic mass is 79.9. The summed E-state index contributed by atoms with van der Waals surface area (Å²) in [4.78, 5) is 29.5. The summed E-state index contributed by atoms with van der Waals surface area (Å²) in [6, 6.07) is 31.1. The molecule has 0 saturated heterocycles. The predicted molar refractivity (Wildman–Crippen MR) is 169 cm³/mol. The number of rotatable bonds is 12. The molecule has 4 aromatic carbocycles. The average molecular weight is 649 g/mol. The van der Waals surface area contributed by atoms with Gasteiger partial charge >= 0.3 is 0 Å². The molecular weight excluding hydrogens is 614 g/mol. The van der Waals surface area contributed by atoms with Crippen molar-refractivity contribution < 1.29 is 18.0 Å². The summed E-state index contributed by atoms with van der Waals surface area (Å²) in [7, 11) is -4.13. The number of benzene rings is 4. The van der Waals surface area contributed by atoms with Gasteiger partial charge in [-0.2, -0.15) is 0 Å². The summed E-state index contributed by atoms with van der Waals surface area (Å²) in [5, 5.41) is 2.88. The van der Waals surface area contributed by atoms with Crippen LogP contribution in [0, 0.1) is 6.92 Å². The fraction of sp³-hybridized carbons (Fsp3) is 0.212. The number of carbonyl (C=O) groups is 2. The Labute approximate surface area is 256 Å². The third-order valence-electron chi connectivity index (χ3n) is 6.93. The number of aryl methyl sites for hydroxylation is 1. The molecule has 1 N–H and O–H groups in total. The minimum Gasteiger partial charge on any atom is -0.355 e. The number of halogens is 1. The first kappa shape index (κ1) is 31.0. The van der Waals surface area contributed by atoms with E-state index in [1.54, 1.807) is 42.5 Å². The van der Waals surface area contributed by atoms with Crippen molar-refractivity contribution in [2.75, 3.05) is 17.4 Å². The van der Waals surface area contributed by atoms with E-state index in [1.165, 1.54) is 17.0 Å². The van der Waals surface area contributed by atoms with Crippen molar-refractivity contribution in [2.45, 2.75) is 37.8 Å². The third-order valence-corrected chi connectivity index (χ3v) is 9.21. The first-order valence-electron chi connectivity index (χ1n) is 13.7. The van der Waals surface area contributed by atoms with E-state index >= 15 is 0 Å². The largest absolute Gasteiger partial charge is 0.355 e. The quantitative estimate of drug-likeness (QED) is 0.213. The van der Waals surface area contributed by atoms with Gasteiger partial charge in [0.1, 0.15) is 12.6 Å². The number of sulfonamides is 1. The van der Waals surface area contributed by atoms with Crippen molar-refractivity contribution in [3.63, 3.8) is 0 Å². The van der Waals surface area contributed by atoms with Crippen LogP contribution in [0.4, 0.5) is 5.69 Å². The minimum absolute atomic E-state index is 0.0628. The first-order chi connectivity index (χ1) is 20.2. The molecule has 218 valence electrons. The van der Waals surface area contributed by atoms with E-state index in [1.807, 2.05) is 68.4 Å². The van der Waals surface area contributed by atoms with Crippen LogP contribution in [-0.2, 0) is 32.6 Å². The molecule has 42 heavy (non-hydrogen) atoms. The lowest BCUT2D eigenvalue weighted by molar-refractivity contribution is -0.140. The third kappa shape index (κ3) is 7.66. The van der Waals surface area contributed by atoms with Crippen LogP contribution < -0.4 is 9.62 Å². The van der Waals surface area contributed by atoms with Gasteiger partial charge in [0.25, 0.3) is 10.0 Å². The highest BCUT2D eigenvalue weighted by Gasteiger charge is 2.34. The van der Waals surface area contributed by atoms with Crippen LogP contribution in [0.1, 0.15) is 23.6 Å². The number of nitrogens with one attached hydrogen (secondary N) is 1. The molecule has 7 nitrogen and oxygen atoms in total. The summed E-state index contributed by atoms with van der Waals surface area (Å²) in [5.41, 5.74) is 3.05. The summed E-state index contributed by atoms with van der Waals surface area (Å²) in [6.45, 7) is 3.81. The van der Waals surface area contributed by atoms with Crippen LogP contribution in [-0.4, -0.2) is 44.3 Å². The fourth-order valence-electron chi connectivity index (χ4n) is 4.70. The maximum Gasteiger partial charge on any atom is 0.264 e. The number of amides is 2. The van der Waals surface area contributed by atoms with Gasteiger partial charge in [0.2, 0.25) is 11.8 Å². The number of anilines is 1. The molecule has 0 fully saturated rings. The summed E-state index contributed by atoms with van der Waals surface area (Å²) < 4.78 is 29.7. The number of likely N-dealkylation sites (N-methyl/N-ethyl adjacent to an activating group) is 1. The lowest BCUT2D eigenvalue weighted by atomic mass is 10.0. The molecule has 0 saturated carbocycles. The van der Waals surface area contributed by atoms with Crippen molar-refractivity contribution >= 4 is 43.5 Å². The molecule has 0 radical (unpaired) electrons. The second kappa shape index (κ2) is 14.3. The molecule has 2 amide bonds. The first-order valence-corrected chi connectivity index (χ1v) is 15.9. The van der Waals surface area contributed by atoms with Crippen LogP contribution in [0.25, 0.3) is 0 Å². The normalized spacial score (nSPS) is 11.9. The molecule has 0 unspecified atom stereocenters. The van der Waals surface area contributed by atoms with Crippen LogP contribution in [0.15, 0.2) is 119 Å². The monoisotopic (exact) mass is 647 g/mol. The molecule has 0 aliphatic carbocycles. The van der Waals surface area contributed by atoms with Crippen LogP contribution in [0.5, 0.6) is 0 Å². The Balaban J connectivity index is 1.80. The second-order valence-corrected chi connectivity index (χ2v) is 12.6. The summed E-state index contributed by atoms with van der Waals surface area (Å²) >= 11 is 3.43. The Morgan fingerprint density at radius 1 is 0.857 bits per heavy atom. The van der Waals surface area contributed by atoms with Gasteiger partial charge in [-0.1, -0.05) is 94.8 Å². The van der Waals surface area contributed by atoms with Gasteiger partial charge in [-0.15, -0.1) is 0 Å². The van der Waals surface area contributed by atoms with Gasteiger partial charge < -0.3 is 10.2 Å². The van der Waals surface area contributed by atoms with E-state index in [2.05, 4.69) is 21.2 Å². The predicted octanol–water partition coefficient (Wildman–Crippen LogP) is 5.73. The number of hydrogen-bond acceptors (Lipinski definition) is 4. The van der Waals surface area contributed by atoms with Gasteiger partial charge in [0, 0.05) is 24.0 Å². The average Bonchev–Trinajstić information content (AvgIpc) is 2.99. The van der Waals surface area contributed by atoms with E-state index in [9.17, 15) is 18.0 Å². The van der Waals surface area contributed by atoms with Crippen molar-refractivity contribution in [1.29, 1.82) is 0 Å². The topological polar surface area (TPSA) is 86.8 Å². The van der Waals surface area contributed by atoms with E-state index in [-0.39, 0.29) is 23.8 Å². The molecule has 0 bridgehead atoms. The Kier molecular flexibility index (Phi) is 10.5. The van der Waals surface area contributed by atoms with Crippen molar-refractivity contribution in [1.82, 2.24) is 10.2 Å². The minimum atomic E-state index is -4.13. The lowest BCUT2D eigenvalue weighted by Gasteiger charge is -2.34. The Morgan fingerprint density at radius 3 is 2.14 bits per heavy atom. The maximum atomic E-state index is 14.4. The fourth-order valence-corrected chi connectivity index (χ4v) is 6.51. The van der Waals surface area contributed by atoms with Crippen molar-refractivity contribution in [3.8, 4) is 0 Å². The Morgan fingerprint density at radius 2 is 1.50 bits per heavy atom. The van der Waals surface area contributed by atoms with Crippen LogP contribution in [0.2, 0.25) is 0 Å². The molecule has 0 aliphatic rings. The molecule has 1 atom stereocenters. The van der Waals surface area contributed by atoms with Gasteiger partial charge in [0.15, 0.2) is 0 Å². The van der Waals surface area contributed by atoms with Gasteiger partial charge in [-0.25, -0.2) is 8.42 Å². The molecule has 0 aliphatic heterocycles. The van der Waals surface area contributed by atoms with E-state index in [0.717, 1.165) is 21.0 Å². The molecule has 0 spiro atoms. The highest BCUT2D eigenvalue weighted by Crippen LogP contribution is 2.27. The number of carbonyl (C=O) groups excluding carboxylic acids is 2. The van der Waals surface area contributed by atoms with Crippen molar-refractivity contribution in [3.05, 3.63) is 130 Å². The smallest absolute Gasteiger partial charge is 0.264 e. The molecule has 0 heterocycles.